The monoisotopic (exact) mass is 811 g/mol. The van der Waals surface area contributed by atoms with Crippen LogP contribution in [0.3, 0.4) is 0 Å². The number of rotatable bonds is 10. The Morgan fingerprint density at radius 2 is 1.07 bits per heavy atom. The fraction of sp³-hybridized carbons (Fsp3) is 0.540. The molecule has 9 heteroatoms. The SMILES string of the molecule is CC(C)(C)C1CCC(Oc2ccc3cc(C=O)ccc3c2)CC1.COC(=O)C(C)N.COC(=O)C(C)NCc1ccc2cc(OC3CCC(C(C)(C)C)CC3)ccc2c1. The van der Waals surface area contributed by atoms with Gasteiger partial charge in [0.25, 0.3) is 0 Å². The number of ether oxygens (including phenoxy) is 4. The standard InChI is InChI=1S/C25H35NO3.C21H26O2.C4H9NO2/c1-17(24(27)28-5)26-16-18-6-7-20-15-23(11-8-19(20)14-18)29-22-12-9-21(10-13-22)25(2,3)4;1-21(2,3)18-7-10-19(11-8-18)23-20-9-6-16-12-15(14-22)4-5-17(16)13-20;1-3(5)4(6)7-2/h6-8,11,14-15,17,21-22,26H,9-10,12-13,16H2,1-5H3;4-6,9,12-14,18-19H,7-8,10-11H2,1-3H3;3H,5H2,1-2H3. The molecular formula is C50H70N2O7. The first-order chi connectivity index (χ1) is 27.9. The number of aldehydes is 1. The molecule has 59 heavy (non-hydrogen) atoms. The van der Waals surface area contributed by atoms with Gasteiger partial charge in [0, 0.05) is 12.1 Å². The van der Waals surface area contributed by atoms with Crippen molar-refractivity contribution in [3.63, 3.8) is 0 Å². The highest BCUT2D eigenvalue weighted by Crippen LogP contribution is 2.40. The van der Waals surface area contributed by atoms with E-state index in [0.29, 0.717) is 35.1 Å². The summed E-state index contributed by atoms with van der Waals surface area (Å²) in [6.07, 6.45) is 11.1. The first kappa shape index (κ1) is 47.2. The molecule has 0 saturated heterocycles. The van der Waals surface area contributed by atoms with Gasteiger partial charge in [-0.3, -0.25) is 14.4 Å². The third kappa shape index (κ3) is 14.6. The van der Waals surface area contributed by atoms with E-state index in [1.807, 2.05) is 37.3 Å². The Morgan fingerprint density at radius 3 is 1.47 bits per heavy atom. The number of esters is 2. The lowest BCUT2D eigenvalue weighted by atomic mass is 9.72. The van der Waals surface area contributed by atoms with Crippen LogP contribution in [0.1, 0.15) is 123 Å². The Kier molecular flexibility index (Phi) is 17.4. The molecule has 4 aromatic carbocycles. The summed E-state index contributed by atoms with van der Waals surface area (Å²) < 4.78 is 21.5. The Labute approximate surface area is 353 Å². The zero-order valence-corrected chi connectivity index (χ0v) is 37.3. The van der Waals surface area contributed by atoms with Gasteiger partial charge in [-0.05, 0) is 151 Å². The first-order valence-electron chi connectivity index (χ1n) is 21.4. The molecule has 0 aliphatic heterocycles. The van der Waals surface area contributed by atoms with Crippen molar-refractivity contribution in [2.45, 2.75) is 138 Å². The van der Waals surface area contributed by atoms with Crippen molar-refractivity contribution >= 4 is 39.8 Å². The highest BCUT2D eigenvalue weighted by molar-refractivity contribution is 5.89. The van der Waals surface area contributed by atoms with Gasteiger partial charge in [0.2, 0.25) is 0 Å². The molecule has 4 aromatic rings. The molecule has 0 amide bonds. The number of carbonyl (C=O) groups excluding carboxylic acids is 3. The third-order valence-electron chi connectivity index (χ3n) is 12.0. The van der Waals surface area contributed by atoms with Crippen molar-refractivity contribution in [2.24, 2.45) is 28.4 Å². The molecule has 0 heterocycles. The van der Waals surface area contributed by atoms with Gasteiger partial charge < -0.3 is 30.0 Å². The van der Waals surface area contributed by atoms with E-state index in [1.165, 1.54) is 50.7 Å². The summed E-state index contributed by atoms with van der Waals surface area (Å²) in [5.41, 5.74) is 7.73. The lowest BCUT2D eigenvalue weighted by molar-refractivity contribution is -0.143. The van der Waals surface area contributed by atoms with E-state index in [9.17, 15) is 14.4 Å². The Balaban J connectivity index is 0.000000229. The summed E-state index contributed by atoms with van der Waals surface area (Å²) in [4.78, 5) is 32.5. The van der Waals surface area contributed by atoms with Crippen LogP contribution in [0.2, 0.25) is 0 Å². The van der Waals surface area contributed by atoms with E-state index in [4.69, 9.17) is 19.9 Å². The predicted molar refractivity (Wildman–Crippen MR) is 239 cm³/mol. The van der Waals surface area contributed by atoms with E-state index in [0.717, 1.165) is 71.6 Å². The Bertz CT molecular complexity index is 1960. The Morgan fingerprint density at radius 1 is 0.644 bits per heavy atom. The van der Waals surface area contributed by atoms with Gasteiger partial charge in [0.15, 0.2) is 0 Å². The van der Waals surface area contributed by atoms with Crippen molar-refractivity contribution < 1.29 is 33.3 Å². The van der Waals surface area contributed by atoms with Gasteiger partial charge in [-0.15, -0.1) is 0 Å². The fourth-order valence-electron chi connectivity index (χ4n) is 8.04. The molecule has 2 saturated carbocycles. The van der Waals surface area contributed by atoms with Crippen LogP contribution in [0.25, 0.3) is 21.5 Å². The second-order valence-corrected chi connectivity index (χ2v) is 18.6. The molecule has 0 bridgehead atoms. The number of benzene rings is 4. The van der Waals surface area contributed by atoms with Gasteiger partial charge in [-0.2, -0.15) is 0 Å². The van der Waals surface area contributed by atoms with Crippen LogP contribution in [-0.2, 0) is 25.6 Å². The molecule has 322 valence electrons. The van der Waals surface area contributed by atoms with Crippen LogP contribution in [0.5, 0.6) is 11.5 Å². The van der Waals surface area contributed by atoms with E-state index < -0.39 is 6.04 Å². The van der Waals surface area contributed by atoms with Crippen LogP contribution < -0.4 is 20.5 Å². The van der Waals surface area contributed by atoms with Crippen LogP contribution in [0.15, 0.2) is 72.8 Å². The molecule has 2 unspecified atom stereocenters. The zero-order chi connectivity index (χ0) is 43.3. The molecule has 2 aliphatic carbocycles. The maximum atomic E-state index is 11.5. The van der Waals surface area contributed by atoms with Gasteiger partial charge in [0.1, 0.15) is 29.9 Å². The molecule has 3 N–H and O–H groups in total. The normalized spacial score (nSPS) is 20.5. The largest absolute Gasteiger partial charge is 0.490 e. The van der Waals surface area contributed by atoms with E-state index >= 15 is 0 Å². The second kappa shape index (κ2) is 21.7. The predicted octanol–water partition coefficient (Wildman–Crippen LogP) is 10.6. The van der Waals surface area contributed by atoms with Crippen LogP contribution in [-0.4, -0.2) is 56.7 Å². The van der Waals surface area contributed by atoms with E-state index in [1.54, 1.807) is 6.92 Å². The molecule has 2 aliphatic rings. The molecule has 2 fully saturated rings. The third-order valence-corrected chi connectivity index (χ3v) is 12.0. The summed E-state index contributed by atoms with van der Waals surface area (Å²) in [6, 6.07) is 23.8. The van der Waals surface area contributed by atoms with Crippen molar-refractivity contribution in [3.8, 4) is 11.5 Å². The number of methoxy groups -OCH3 is 2. The molecule has 0 spiro atoms. The summed E-state index contributed by atoms with van der Waals surface area (Å²) in [5, 5.41) is 7.75. The number of nitrogens with one attached hydrogen (secondary N) is 1. The van der Waals surface area contributed by atoms with Crippen LogP contribution in [0.4, 0.5) is 0 Å². The maximum absolute atomic E-state index is 11.5. The van der Waals surface area contributed by atoms with Crippen molar-refractivity contribution in [1.29, 1.82) is 0 Å². The molecule has 0 aromatic heterocycles. The fourth-order valence-corrected chi connectivity index (χ4v) is 8.04. The van der Waals surface area contributed by atoms with Gasteiger partial charge in [-0.1, -0.05) is 77.9 Å². The minimum Gasteiger partial charge on any atom is -0.490 e. The molecule has 6 rings (SSSR count). The molecule has 0 radical (unpaired) electrons. The number of nitrogens with two attached hydrogens (primary N) is 1. The van der Waals surface area contributed by atoms with Gasteiger partial charge >= 0.3 is 11.9 Å². The lowest BCUT2D eigenvalue weighted by Gasteiger charge is -2.37. The number of hydrogen-bond acceptors (Lipinski definition) is 9. The van der Waals surface area contributed by atoms with Gasteiger partial charge in [0.05, 0.1) is 26.4 Å². The van der Waals surface area contributed by atoms with Crippen molar-refractivity contribution in [2.75, 3.05) is 14.2 Å². The van der Waals surface area contributed by atoms with Crippen LogP contribution >= 0.6 is 0 Å². The summed E-state index contributed by atoms with van der Waals surface area (Å²) >= 11 is 0. The number of fused-ring (bicyclic) bond motifs is 2. The van der Waals surface area contributed by atoms with E-state index in [2.05, 4.69) is 94.1 Å². The molecule has 2 atom stereocenters. The lowest BCUT2D eigenvalue weighted by Crippen LogP contribution is -2.34. The van der Waals surface area contributed by atoms with Crippen molar-refractivity contribution in [1.82, 2.24) is 5.32 Å². The zero-order valence-electron chi connectivity index (χ0n) is 37.3. The quantitative estimate of drug-likeness (QED) is 0.119. The Hall–Kier alpha value is -4.47. The highest BCUT2D eigenvalue weighted by atomic mass is 16.5. The van der Waals surface area contributed by atoms with Crippen molar-refractivity contribution in [3.05, 3.63) is 83.9 Å². The van der Waals surface area contributed by atoms with Gasteiger partial charge in [-0.25, -0.2) is 0 Å². The molecular weight excluding hydrogens is 741 g/mol. The topological polar surface area (TPSA) is 126 Å². The first-order valence-corrected chi connectivity index (χ1v) is 21.4. The minimum absolute atomic E-state index is 0.246. The minimum atomic E-state index is -0.495. The number of carbonyl (C=O) groups is 3. The average Bonchev–Trinajstić information content (AvgIpc) is 3.22. The average molecular weight is 811 g/mol. The number of hydrogen-bond donors (Lipinski definition) is 2. The maximum Gasteiger partial charge on any atom is 0.322 e. The van der Waals surface area contributed by atoms with E-state index in [-0.39, 0.29) is 18.0 Å². The smallest absolute Gasteiger partial charge is 0.322 e. The highest BCUT2D eigenvalue weighted by Gasteiger charge is 2.31. The van der Waals surface area contributed by atoms with Crippen LogP contribution in [0, 0.1) is 22.7 Å². The molecule has 9 nitrogen and oxygen atoms in total. The summed E-state index contributed by atoms with van der Waals surface area (Å²) in [7, 11) is 2.72. The second-order valence-electron chi connectivity index (χ2n) is 18.6. The summed E-state index contributed by atoms with van der Waals surface area (Å²) in [5.74, 6) is 2.88. The summed E-state index contributed by atoms with van der Waals surface area (Å²) in [6.45, 7) is 18.1.